The van der Waals surface area contributed by atoms with Crippen molar-refractivity contribution in [2.24, 2.45) is 0 Å². The Morgan fingerprint density at radius 2 is 2.08 bits per heavy atom. The SMILES string of the molecule is CC(O)CCC(=O)OP(=O)(O)O. The van der Waals surface area contributed by atoms with Gasteiger partial charge in [-0.3, -0.25) is 14.6 Å². The van der Waals surface area contributed by atoms with Crippen LogP contribution >= 0.6 is 7.82 Å². The molecule has 1 unspecified atom stereocenters. The summed E-state index contributed by atoms with van der Waals surface area (Å²) >= 11 is 0. The van der Waals surface area contributed by atoms with Gasteiger partial charge >= 0.3 is 13.8 Å². The lowest BCUT2D eigenvalue weighted by molar-refractivity contribution is -0.136. The van der Waals surface area contributed by atoms with E-state index in [1.165, 1.54) is 6.92 Å². The zero-order valence-corrected chi connectivity index (χ0v) is 7.40. The monoisotopic (exact) mass is 198 g/mol. The van der Waals surface area contributed by atoms with Crippen LogP contribution < -0.4 is 0 Å². The zero-order chi connectivity index (χ0) is 9.78. The van der Waals surface area contributed by atoms with Crippen molar-refractivity contribution in [2.45, 2.75) is 25.9 Å². The molecule has 3 N–H and O–H groups in total. The molecule has 1 atom stereocenters. The summed E-state index contributed by atoms with van der Waals surface area (Å²) < 4.78 is 13.8. The molecule has 0 saturated carbocycles. The maximum Gasteiger partial charge on any atom is 0.526 e. The van der Waals surface area contributed by atoms with Crippen LogP contribution in [0.3, 0.4) is 0 Å². The highest BCUT2D eigenvalue weighted by atomic mass is 31.2. The van der Waals surface area contributed by atoms with E-state index in [1.807, 2.05) is 0 Å². The number of carbonyl (C=O) groups is 1. The lowest BCUT2D eigenvalue weighted by Gasteiger charge is -2.05. The fraction of sp³-hybridized carbons (Fsp3) is 0.800. The molecule has 0 radical (unpaired) electrons. The second-order valence-corrected chi connectivity index (χ2v) is 3.51. The van der Waals surface area contributed by atoms with Crippen molar-refractivity contribution in [3.8, 4) is 0 Å². The number of aliphatic hydroxyl groups is 1. The Balaban J connectivity index is 3.69. The Labute approximate surface area is 69.4 Å². The van der Waals surface area contributed by atoms with E-state index in [0.717, 1.165) is 0 Å². The van der Waals surface area contributed by atoms with E-state index in [0.29, 0.717) is 0 Å². The third-order valence-electron chi connectivity index (χ3n) is 0.987. The molecule has 0 rings (SSSR count). The Bertz CT molecular complexity index is 194. The van der Waals surface area contributed by atoms with Gasteiger partial charge in [-0.25, -0.2) is 4.57 Å². The number of hydrogen-bond donors (Lipinski definition) is 3. The van der Waals surface area contributed by atoms with Crippen LogP contribution in [0.25, 0.3) is 0 Å². The van der Waals surface area contributed by atoms with Gasteiger partial charge in [0.1, 0.15) is 0 Å². The number of rotatable bonds is 4. The molecule has 6 nitrogen and oxygen atoms in total. The van der Waals surface area contributed by atoms with Gasteiger partial charge in [0.05, 0.1) is 6.10 Å². The first kappa shape index (κ1) is 11.6. The van der Waals surface area contributed by atoms with Crippen molar-refractivity contribution in [3.63, 3.8) is 0 Å². The Kier molecular flexibility index (Phi) is 4.41. The fourth-order valence-corrected chi connectivity index (χ4v) is 0.862. The molecule has 0 spiro atoms. The minimum absolute atomic E-state index is 0.124. The lowest BCUT2D eigenvalue weighted by atomic mass is 10.2. The van der Waals surface area contributed by atoms with E-state index >= 15 is 0 Å². The molecule has 0 amide bonds. The third-order valence-corrected chi connectivity index (χ3v) is 1.43. The van der Waals surface area contributed by atoms with Crippen LogP contribution in [0.15, 0.2) is 0 Å². The van der Waals surface area contributed by atoms with Gasteiger partial charge in [-0.2, -0.15) is 0 Å². The first-order valence-corrected chi connectivity index (χ1v) is 4.80. The van der Waals surface area contributed by atoms with E-state index < -0.39 is 19.9 Å². The molecular formula is C5H11O6P. The average Bonchev–Trinajstić information content (AvgIpc) is 1.79. The van der Waals surface area contributed by atoms with E-state index in [4.69, 9.17) is 14.9 Å². The number of carbonyl (C=O) groups excluding carboxylic acids is 1. The summed E-state index contributed by atoms with van der Waals surface area (Å²) in [5.41, 5.74) is 0. The molecule has 0 fully saturated rings. The van der Waals surface area contributed by atoms with Crippen molar-refractivity contribution >= 4 is 13.8 Å². The summed E-state index contributed by atoms with van der Waals surface area (Å²) in [6.07, 6.45) is -0.768. The average molecular weight is 198 g/mol. The van der Waals surface area contributed by atoms with Gasteiger partial charge in [0.25, 0.3) is 0 Å². The molecule has 0 aromatic carbocycles. The summed E-state index contributed by atoms with van der Waals surface area (Å²) in [6, 6.07) is 0. The molecule has 0 aliphatic carbocycles. The van der Waals surface area contributed by atoms with Crippen molar-refractivity contribution in [1.82, 2.24) is 0 Å². The highest BCUT2D eigenvalue weighted by molar-refractivity contribution is 7.46. The summed E-state index contributed by atoms with van der Waals surface area (Å²) in [7, 11) is -4.71. The zero-order valence-electron chi connectivity index (χ0n) is 6.51. The molecular weight excluding hydrogens is 187 g/mol. The lowest BCUT2D eigenvalue weighted by Crippen LogP contribution is -2.07. The van der Waals surface area contributed by atoms with E-state index in [2.05, 4.69) is 4.52 Å². The summed E-state index contributed by atoms with van der Waals surface area (Å²) in [4.78, 5) is 26.9. The van der Waals surface area contributed by atoms with Gasteiger partial charge in [0, 0.05) is 6.42 Å². The van der Waals surface area contributed by atoms with Crippen LogP contribution in [0.1, 0.15) is 19.8 Å². The van der Waals surface area contributed by atoms with Crippen molar-refractivity contribution in [2.75, 3.05) is 0 Å². The first-order valence-electron chi connectivity index (χ1n) is 3.27. The Morgan fingerprint density at radius 3 is 2.42 bits per heavy atom. The highest BCUT2D eigenvalue weighted by Gasteiger charge is 2.20. The summed E-state index contributed by atoms with van der Waals surface area (Å²) in [5, 5.41) is 8.70. The predicted molar refractivity (Wildman–Crippen MR) is 39.1 cm³/mol. The van der Waals surface area contributed by atoms with Crippen LogP contribution in [0, 0.1) is 0 Å². The van der Waals surface area contributed by atoms with Gasteiger partial charge in [0.15, 0.2) is 0 Å². The standard InChI is InChI=1S/C5H11O6P/c1-4(6)2-3-5(7)11-12(8,9)10/h4,6H,2-3H2,1H3,(H2,8,9,10). The van der Waals surface area contributed by atoms with Gasteiger partial charge in [-0.05, 0) is 13.3 Å². The maximum atomic E-state index is 10.5. The number of phosphoric ester groups is 1. The Hall–Kier alpha value is -0.420. The van der Waals surface area contributed by atoms with Crippen molar-refractivity contribution in [1.29, 1.82) is 0 Å². The highest BCUT2D eigenvalue weighted by Crippen LogP contribution is 2.36. The van der Waals surface area contributed by atoms with E-state index in [9.17, 15) is 9.36 Å². The molecule has 72 valence electrons. The van der Waals surface area contributed by atoms with Crippen LogP contribution in [0.2, 0.25) is 0 Å². The molecule has 0 aromatic rings. The summed E-state index contributed by atoms with van der Waals surface area (Å²) in [6.45, 7) is 1.46. The quantitative estimate of drug-likeness (QED) is 0.539. The first-order chi connectivity index (χ1) is 5.31. The fourth-order valence-electron chi connectivity index (χ4n) is 0.505. The van der Waals surface area contributed by atoms with Crippen molar-refractivity contribution in [3.05, 3.63) is 0 Å². The Morgan fingerprint density at radius 1 is 1.58 bits per heavy atom. The molecule has 0 bridgehead atoms. The normalized spacial score (nSPS) is 14.0. The minimum atomic E-state index is -4.71. The second-order valence-electron chi connectivity index (χ2n) is 2.34. The third kappa shape index (κ3) is 7.68. The molecule has 0 heterocycles. The smallest absolute Gasteiger partial charge is 0.393 e. The largest absolute Gasteiger partial charge is 0.526 e. The number of aliphatic hydroxyl groups excluding tert-OH is 1. The molecule has 7 heteroatoms. The van der Waals surface area contributed by atoms with Gasteiger partial charge in [-0.1, -0.05) is 0 Å². The molecule has 0 aromatic heterocycles. The van der Waals surface area contributed by atoms with Gasteiger partial charge in [0.2, 0.25) is 0 Å². The minimum Gasteiger partial charge on any atom is -0.393 e. The van der Waals surface area contributed by atoms with Crippen molar-refractivity contribution < 1.29 is 28.8 Å². The molecule has 0 saturated heterocycles. The number of hydrogen-bond acceptors (Lipinski definition) is 4. The summed E-state index contributed by atoms with van der Waals surface area (Å²) in [5.74, 6) is -1.01. The van der Waals surface area contributed by atoms with Crippen LogP contribution in [-0.4, -0.2) is 27.0 Å². The van der Waals surface area contributed by atoms with Gasteiger partial charge < -0.3 is 9.63 Å². The molecule has 0 aliphatic rings. The van der Waals surface area contributed by atoms with Crippen LogP contribution in [0.5, 0.6) is 0 Å². The number of phosphoric acid groups is 1. The van der Waals surface area contributed by atoms with Gasteiger partial charge in [-0.15, -0.1) is 0 Å². The van der Waals surface area contributed by atoms with E-state index in [1.54, 1.807) is 0 Å². The topological polar surface area (TPSA) is 104 Å². The second kappa shape index (κ2) is 4.57. The van der Waals surface area contributed by atoms with Crippen LogP contribution in [0.4, 0.5) is 0 Å². The van der Waals surface area contributed by atoms with E-state index in [-0.39, 0.29) is 12.8 Å². The molecule has 0 aliphatic heterocycles. The predicted octanol–water partition coefficient (Wildman–Crippen LogP) is -0.217. The van der Waals surface area contributed by atoms with Crippen LogP contribution in [-0.2, 0) is 13.9 Å². The maximum absolute atomic E-state index is 10.5. The molecule has 12 heavy (non-hydrogen) atoms.